The van der Waals surface area contributed by atoms with Gasteiger partial charge < -0.3 is 5.43 Å². The second kappa shape index (κ2) is 4.49. The Hall–Kier alpha value is -1.35. The maximum atomic E-state index is 5.58. The average Bonchev–Trinajstić information content (AvgIpc) is 2.71. The number of nitrogens with two attached hydrogens (primary N) is 1. The van der Waals surface area contributed by atoms with Crippen molar-refractivity contribution in [2.45, 2.75) is 45.6 Å². The van der Waals surface area contributed by atoms with Crippen LogP contribution in [0.3, 0.4) is 0 Å². The number of hydrogen-bond donors (Lipinski definition) is 2. The molecule has 0 heterocycles. The van der Waals surface area contributed by atoms with Gasteiger partial charge in [-0.3, -0.25) is 4.99 Å². The zero-order valence-electron chi connectivity index (χ0n) is 10.9. The van der Waals surface area contributed by atoms with E-state index in [4.69, 9.17) is 5.84 Å². The molecule has 0 fully saturated rings. The van der Waals surface area contributed by atoms with Crippen molar-refractivity contribution in [2.24, 2.45) is 10.8 Å². The van der Waals surface area contributed by atoms with E-state index in [0.29, 0.717) is 0 Å². The number of aryl methyl sites for hydroxylation is 2. The molecule has 0 spiro atoms. The predicted octanol–water partition coefficient (Wildman–Crippen LogP) is 2.18. The normalized spacial score (nSPS) is 15.9. The first-order valence-electron chi connectivity index (χ1n) is 6.18. The fraction of sp³-hybridized carbons (Fsp3) is 0.500. The molecule has 3 N–H and O–H groups in total. The molecule has 0 saturated heterocycles. The quantitative estimate of drug-likeness (QED) is 0.337. The first-order chi connectivity index (χ1) is 7.99. The smallest absolute Gasteiger partial charge is 0.143 e. The molecule has 1 aliphatic rings. The molecule has 0 radical (unpaired) electrons. The van der Waals surface area contributed by atoms with Gasteiger partial charge in [-0.05, 0) is 57.2 Å². The molecule has 3 nitrogen and oxygen atoms in total. The molecule has 0 saturated carbocycles. The number of nitrogens with zero attached hydrogens (tertiary/aromatic N) is 1. The summed E-state index contributed by atoms with van der Waals surface area (Å²) in [6.07, 6.45) is 3.65. The molecule has 1 aliphatic carbocycles. The minimum absolute atomic E-state index is 0.124. The van der Waals surface area contributed by atoms with Crippen LogP contribution in [0.4, 0.5) is 0 Å². The highest BCUT2D eigenvalue weighted by Gasteiger charge is 2.14. The molecule has 1 aromatic rings. The van der Waals surface area contributed by atoms with E-state index < -0.39 is 0 Å². The lowest BCUT2D eigenvalue weighted by Crippen LogP contribution is -2.33. The Morgan fingerprint density at radius 1 is 1.24 bits per heavy atom. The third kappa shape index (κ3) is 2.86. The van der Waals surface area contributed by atoms with Crippen molar-refractivity contribution in [1.82, 2.24) is 5.43 Å². The van der Waals surface area contributed by atoms with Gasteiger partial charge in [0, 0.05) is 5.56 Å². The summed E-state index contributed by atoms with van der Waals surface area (Å²) in [4.78, 5) is 4.60. The zero-order chi connectivity index (χ0) is 12.5. The molecule has 17 heavy (non-hydrogen) atoms. The van der Waals surface area contributed by atoms with Gasteiger partial charge in [-0.15, -0.1) is 0 Å². The van der Waals surface area contributed by atoms with Gasteiger partial charge in [0.05, 0.1) is 5.54 Å². The Bertz CT molecular complexity index is 441. The Morgan fingerprint density at radius 2 is 1.94 bits per heavy atom. The van der Waals surface area contributed by atoms with Gasteiger partial charge in [-0.25, -0.2) is 5.84 Å². The summed E-state index contributed by atoms with van der Waals surface area (Å²) in [5, 5.41) is 0. The topological polar surface area (TPSA) is 50.4 Å². The van der Waals surface area contributed by atoms with Crippen molar-refractivity contribution in [3.8, 4) is 0 Å². The summed E-state index contributed by atoms with van der Waals surface area (Å²) in [5.41, 5.74) is 6.59. The fourth-order valence-corrected chi connectivity index (χ4v) is 2.23. The summed E-state index contributed by atoms with van der Waals surface area (Å²) >= 11 is 0. The molecule has 0 amide bonds. The minimum Gasteiger partial charge on any atom is -0.308 e. The summed E-state index contributed by atoms with van der Waals surface area (Å²) in [5.74, 6) is 6.35. The van der Waals surface area contributed by atoms with Crippen LogP contribution in [-0.4, -0.2) is 11.4 Å². The van der Waals surface area contributed by atoms with Gasteiger partial charge >= 0.3 is 0 Å². The lowest BCUT2D eigenvalue weighted by atomic mass is 10.0. The number of aliphatic imine (C=N–C) groups is 1. The maximum absolute atomic E-state index is 5.58. The zero-order valence-corrected chi connectivity index (χ0v) is 10.9. The number of rotatable bonds is 1. The van der Waals surface area contributed by atoms with Gasteiger partial charge in [0.2, 0.25) is 0 Å². The summed E-state index contributed by atoms with van der Waals surface area (Å²) < 4.78 is 0. The highest BCUT2D eigenvalue weighted by Crippen LogP contribution is 2.23. The van der Waals surface area contributed by atoms with Crippen molar-refractivity contribution in [3.05, 3.63) is 34.9 Å². The summed E-state index contributed by atoms with van der Waals surface area (Å²) in [6, 6.07) is 6.52. The first kappa shape index (κ1) is 12.1. The SMILES string of the molecule is CC(C)(C)N=C(NN)c1ccc2c(c1)CCC2. The van der Waals surface area contributed by atoms with E-state index >= 15 is 0 Å². The van der Waals surface area contributed by atoms with Gasteiger partial charge in [-0.2, -0.15) is 0 Å². The maximum Gasteiger partial charge on any atom is 0.143 e. The second-order valence-corrected chi connectivity index (χ2v) is 5.61. The van der Waals surface area contributed by atoms with Crippen LogP contribution in [0.1, 0.15) is 43.9 Å². The average molecular weight is 231 g/mol. The Balaban J connectivity index is 2.35. The fourth-order valence-electron chi connectivity index (χ4n) is 2.23. The van der Waals surface area contributed by atoms with Crippen LogP contribution in [0.15, 0.2) is 23.2 Å². The summed E-state index contributed by atoms with van der Waals surface area (Å²) in [7, 11) is 0. The molecule has 2 rings (SSSR count). The molecular formula is C14H21N3. The van der Waals surface area contributed by atoms with Crippen LogP contribution >= 0.6 is 0 Å². The molecule has 0 unspecified atom stereocenters. The lowest BCUT2D eigenvalue weighted by molar-refractivity contribution is 0.580. The first-order valence-corrected chi connectivity index (χ1v) is 6.18. The number of nitrogens with one attached hydrogen (secondary N) is 1. The highest BCUT2D eigenvalue weighted by molar-refractivity contribution is 5.98. The Kier molecular flexibility index (Phi) is 3.20. The van der Waals surface area contributed by atoms with Crippen molar-refractivity contribution in [2.75, 3.05) is 0 Å². The van der Waals surface area contributed by atoms with Crippen molar-refractivity contribution >= 4 is 5.84 Å². The molecule has 3 heteroatoms. The molecular weight excluding hydrogens is 210 g/mol. The number of amidine groups is 1. The largest absolute Gasteiger partial charge is 0.308 e. The van der Waals surface area contributed by atoms with Crippen molar-refractivity contribution in [1.29, 1.82) is 0 Å². The van der Waals surface area contributed by atoms with Crippen LogP contribution in [0.25, 0.3) is 0 Å². The van der Waals surface area contributed by atoms with Gasteiger partial charge in [-0.1, -0.05) is 12.1 Å². The van der Waals surface area contributed by atoms with Crippen LogP contribution in [-0.2, 0) is 12.8 Å². The van der Waals surface area contributed by atoms with E-state index in [-0.39, 0.29) is 5.54 Å². The molecule has 0 bridgehead atoms. The Labute approximate surface area is 103 Å². The van der Waals surface area contributed by atoms with E-state index in [1.54, 1.807) is 0 Å². The number of benzene rings is 1. The third-order valence-electron chi connectivity index (χ3n) is 2.96. The molecule has 0 atom stereocenters. The number of fused-ring (bicyclic) bond motifs is 1. The van der Waals surface area contributed by atoms with E-state index in [1.165, 1.54) is 30.4 Å². The van der Waals surface area contributed by atoms with Crippen molar-refractivity contribution in [3.63, 3.8) is 0 Å². The molecule has 92 valence electrons. The van der Waals surface area contributed by atoms with Crippen LogP contribution < -0.4 is 11.3 Å². The van der Waals surface area contributed by atoms with Crippen LogP contribution in [0, 0.1) is 0 Å². The predicted molar refractivity (Wildman–Crippen MR) is 72.1 cm³/mol. The van der Waals surface area contributed by atoms with E-state index in [0.717, 1.165) is 11.4 Å². The van der Waals surface area contributed by atoms with E-state index in [2.05, 4.69) is 49.4 Å². The van der Waals surface area contributed by atoms with Crippen LogP contribution in [0.2, 0.25) is 0 Å². The van der Waals surface area contributed by atoms with Crippen LogP contribution in [0.5, 0.6) is 0 Å². The van der Waals surface area contributed by atoms with Gasteiger partial charge in [0.25, 0.3) is 0 Å². The molecule has 1 aromatic carbocycles. The monoisotopic (exact) mass is 231 g/mol. The minimum atomic E-state index is -0.124. The van der Waals surface area contributed by atoms with Gasteiger partial charge in [0.1, 0.15) is 5.84 Å². The van der Waals surface area contributed by atoms with Crippen molar-refractivity contribution < 1.29 is 0 Å². The van der Waals surface area contributed by atoms with Gasteiger partial charge in [0.15, 0.2) is 0 Å². The standard InChI is InChI=1S/C14H21N3/c1-14(2,3)16-13(17-15)12-8-7-10-5-4-6-11(10)9-12/h7-9H,4-6,15H2,1-3H3,(H,16,17). The molecule has 0 aromatic heterocycles. The second-order valence-electron chi connectivity index (χ2n) is 5.61. The highest BCUT2D eigenvalue weighted by atomic mass is 15.3. The Morgan fingerprint density at radius 3 is 2.59 bits per heavy atom. The number of hydrogen-bond acceptors (Lipinski definition) is 2. The molecule has 0 aliphatic heterocycles. The van der Waals surface area contributed by atoms with E-state index in [1.807, 2.05) is 0 Å². The number of hydrazine groups is 1. The third-order valence-corrected chi connectivity index (χ3v) is 2.96. The summed E-state index contributed by atoms with van der Waals surface area (Å²) in [6.45, 7) is 6.20. The lowest BCUT2D eigenvalue weighted by Gasteiger charge is -2.16. The van der Waals surface area contributed by atoms with E-state index in [9.17, 15) is 0 Å².